The molecule has 0 fully saturated rings. The number of carbonyl (C=O) groups is 1. The molecule has 0 radical (unpaired) electrons. The summed E-state index contributed by atoms with van der Waals surface area (Å²) in [4.78, 5) is 14.2. The number of benzene rings is 1. The summed E-state index contributed by atoms with van der Waals surface area (Å²) in [7, 11) is 3.52. The highest BCUT2D eigenvalue weighted by Crippen LogP contribution is 2.16. The second kappa shape index (κ2) is 5.38. The van der Waals surface area contributed by atoms with Crippen LogP contribution >= 0.6 is 12.6 Å². The van der Waals surface area contributed by atoms with Gasteiger partial charge in [-0.3, -0.25) is 4.79 Å². The third kappa shape index (κ3) is 2.88. The molecule has 0 bridgehead atoms. The van der Waals surface area contributed by atoms with Gasteiger partial charge in [0.15, 0.2) is 0 Å². The van der Waals surface area contributed by atoms with Crippen LogP contribution in [0.15, 0.2) is 40.9 Å². The molecule has 0 atom stereocenters. The van der Waals surface area contributed by atoms with Gasteiger partial charge in [0.1, 0.15) is 11.6 Å². The third-order valence-corrected chi connectivity index (χ3v) is 2.29. The van der Waals surface area contributed by atoms with Gasteiger partial charge >= 0.3 is 0 Å². The minimum atomic E-state index is -0.304. The Bertz CT molecular complexity index is 472. The van der Waals surface area contributed by atoms with E-state index in [-0.39, 0.29) is 11.4 Å². The summed E-state index contributed by atoms with van der Waals surface area (Å²) < 4.78 is 0. The molecular formula is C12H12N2OS. The molecular weight excluding hydrogens is 220 g/mol. The molecule has 82 valence electrons. The number of nitrogens with zero attached hydrogens (tertiary/aromatic N) is 2. The second-order valence-electron chi connectivity index (χ2n) is 3.46. The van der Waals surface area contributed by atoms with Crippen LogP contribution in [0.5, 0.6) is 0 Å². The average molecular weight is 232 g/mol. The molecule has 0 aliphatic carbocycles. The lowest BCUT2D eigenvalue weighted by Gasteiger charge is -2.07. The molecule has 0 N–H and O–H groups in total. The van der Waals surface area contributed by atoms with E-state index in [2.05, 4.69) is 12.6 Å². The van der Waals surface area contributed by atoms with Gasteiger partial charge in [-0.1, -0.05) is 12.1 Å². The fourth-order valence-corrected chi connectivity index (χ4v) is 1.47. The Labute approximate surface area is 100 Å². The molecule has 0 aliphatic heterocycles. The van der Waals surface area contributed by atoms with Crippen molar-refractivity contribution in [3.05, 3.63) is 41.6 Å². The number of rotatable bonds is 3. The minimum absolute atomic E-state index is 0.103. The van der Waals surface area contributed by atoms with Crippen LogP contribution in [0.1, 0.15) is 10.4 Å². The molecule has 1 aromatic rings. The van der Waals surface area contributed by atoms with Crippen LogP contribution in [0.25, 0.3) is 0 Å². The van der Waals surface area contributed by atoms with E-state index in [1.54, 1.807) is 43.3 Å². The Morgan fingerprint density at radius 3 is 2.56 bits per heavy atom. The minimum Gasteiger partial charge on any atom is -0.382 e. The largest absolute Gasteiger partial charge is 0.382 e. The molecule has 4 heteroatoms. The summed E-state index contributed by atoms with van der Waals surface area (Å²) in [5.74, 6) is -0.304. The lowest BCUT2D eigenvalue weighted by atomic mass is 10.1. The predicted molar refractivity (Wildman–Crippen MR) is 65.4 cm³/mol. The molecule has 16 heavy (non-hydrogen) atoms. The van der Waals surface area contributed by atoms with Crippen molar-refractivity contribution < 1.29 is 4.79 Å². The highest BCUT2D eigenvalue weighted by atomic mass is 32.1. The zero-order chi connectivity index (χ0) is 12.1. The quantitative estimate of drug-likeness (QED) is 0.376. The van der Waals surface area contributed by atoms with Gasteiger partial charge in [0.25, 0.3) is 0 Å². The first-order chi connectivity index (χ1) is 7.56. The second-order valence-corrected chi connectivity index (χ2v) is 3.95. The molecule has 0 aliphatic rings. The van der Waals surface area contributed by atoms with Crippen molar-refractivity contribution >= 4 is 18.4 Å². The van der Waals surface area contributed by atoms with E-state index in [1.165, 1.54) is 6.20 Å². The Kier molecular flexibility index (Phi) is 4.15. The molecule has 1 aromatic carbocycles. The Morgan fingerprint density at radius 2 is 2.06 bits per heavy atom. The van der Waals surface area contributed by atoms with Gasteiger partial charge in [-0.15, -0.1) is 12.6 Å². The first-order valence-electron chi connectivity index (χ1n) is 4.67. The van der Waals surface area contributed by atoms with Crippen LogP contribution in [0.2, 0.25) is 0 Å². The molecule has 0 saturated heterocycles. The summed E-state index contributed by atoms with van der Waals surface area (Å²) in [6.07, 6.45) is 1.50. The number of hydrogen-bond donors (Lipinski definition) is 1. The molecule has 0 aromatic heterocycles. The van der Waals surface area contributed by atoms with Crippen molar-refractivity contribution in [3.63, 3.8) is 0 Å². The smallest absolute Gasteiger partial charge is 0.206 e. The number of ketones is 1. The predicted octanol–water partition coefficient (Wildman–Crippen LogP) is 2.13. The van der Waals surface area contributed by atoms with Gasteiger partial charge in [-0.05, 0) is 12.1 Å². The first kappa shape index (κ1) is 12.3. The lowest BCUT2D eigenvalue weighted by Crippen LogP contribution is -2.09. The Morgan fingerprint density at radius 1 is 1.44 bits per heavy atom. The first-order valence-corrected chi connectivity index (χ1v) is 5.12. The van der Waals surface area contributed by atoms with Crippen LogP contribution < -0.4 is 0 Å². The average Bonchev–Trinajstić information content (AvgIpc) is 2.25. The van der Waals surface area contributed by atoms with E-state index in [9.17, 15) is 4.79 Å². The van der Waals surface area contributed by atoms with E-state index >= 15 is 0 Å². The van der Waals surface area contributed by atoms with E-state index in [4.69, 9.17) is 5.26 Å². The number of hydrogen-bond acceptors (Lipinski definition) is 4. The summed E-state index contributed by atoms with van der Waals surface area (Å²) in [6.45, 7) is 0. The van der Waals surface area contributed by atoms with E-state index in [0.717, 1.165) is 0 Å². The van der Waals surface area contributed by atoms with Crippen molar-refractivity contribution in [1.29, 1.82) is 5.26 Å². The number of Topliss-reactive ketones (excluding diaryl/α,β-unsaturated/α-hetero) is 1. The third-order valence-electron chi connectivity index (χ3n) is 1.90. The van der Waals surface area contributed by atoms with Gasteiger partial charge in [-0.2, -0.15) is 5.26 Å². The van der Waals surface area contributed by atoms with Crippen LogP contribution in [0.3, 0.4) is 0 Å². The molecule has 0 saturated carbocycles. The summed E-state index contributed by atoms with van der Waals surface area (Å²) in [6, 6.07) is 8.82. The zero-order valence-corrected chi connectivity index (χ0v) is 10.0. The summed E-state index contributed by atoms with van der Waals surface area (Å²) in [5, 5.41) is 8.91. The van der Waals surface area contributed by atoms with Crippen LogP contribution in [0, 0.1) is 11.3 Å². The van der Waals surface area contributed by atoms with Gasteiger partial charge < -0.3 is 4.90 Å². The van der Waals surface area contributed by atoms with Gasteiger partial charge in [0, 0.05) is 30.8 Å². The fourth-order valence-electron chi connectivity index (χ4n) is 1.21. The highest BCUT2D eigenvalue weighted by Gasteiger charge is 2.14. The van der Waals surface area contributed by atoms with Crippen LogP contribution in [-0.2, 0) is 0 Å². The van der Waals surface area contributed by atoms with E-state index < -0.39 is 0 Å². The topological polar surface area (TPSA) is 44.1 Å². The summed E-state index contributed by atoms with van der Waals surface area (Å²) in [5.41, 5.74) is 0.548. The number of thiol groups is 1. The fraction of sp³-hybridized carbons (Fsp3) is 0.167. The number of allylic oxidation sites excluding steroid dienone is 1. The molecule has 3 nitrogen and oxygen atoms in total. The van der Waals surface area contributed by atoms with Crippen LogP contribution in [0.4, 0.5) is 0 Å². The maximum Gasteiger partial charge on any atom is 0.206 e. The SMILES string of the molecule is CN(C)C=C(C#N)C(=O)c1ccccc1S. The van der Waals surface area contributed by atoms with Gasteiger partial charge in [-0.25, -0.2) is 0 Å². The maximum absolute atomic E-state index is 12.0. The monoisotopic (exact) mass is 232 g/mol. The van der Waals surface area contributed by atoms with Crippen molar-refractivity contribution in [3.8, 4) is 6.07 Å². The molecule has 1 rings (SSSR count). The summed E-state index contributed by atoms with van der Waals surface area (Å²) >= 11 is 4.19. The Hall–Kier alpha value is -1.73. The standard InChI is InChI=1S/C12H12N2OS/c1-14(2)8-9(7-13)12(15)10-5-3-4-6-11(10)16/h3-6,8,16H,1-2H3. The van der Waals surface area contributed by atoms with E-state index in [1.807, 2.05) is 6.07 Å². The maximum atomic E-state index is 12.0. The molecule has 0 heterocycles. The van der Waals surface area contributed by atoms with Crippen molar-refractivity contribution in [1.82, 2.24) is 4.90 Å². The number of nitriles is 1. The van der Waals surface area contributed by atoms with Crippen molar-refractivity contribution in [2.75, 3.05) is 14.1 Å². The van der Waals surface area contributed by atoms with Gasteiger partial charge in [0.05, 0.1) is 0 Å². The van der Waals surface area contributed by atoms with Crippen molar-refractivity contribution in [2.24, 2.45) is 0 Å². The molecule has 0 unspecified atom stereocenters. The molecule has 0 spiro atoms. The normalized spacial score (nSPS) is 10.8. The molecule has 0 amide bonds. The zero-order valence-electron chi connectivity index (χ0n) is 9.14. The van der Waals surface area contributed by atoms with Crippen molar-refractivity contribution in [2.45, 2.75) is 4.90 Å². The number of carbonyl (C=O) groups excluding carboxylic acids is 1. The lowest BCUT2D eigenvalue weighted by molar-refractivity contribution is 0.103. The highest BCUT2D eigenvalue weighted by molar-refractivity contribution is 7.80. The van der Waals surface area contributed by atoms with Gasteiger partial charge in [0.2, 0.25) is 5.78 Å². The van der Waals surface area contributed by atoms with Crippen LogP contribution in [-0.4, -0.2) is 24.8 Å². The Balaban J connectivity index is 3.12. The van der Waals surface area contributed by atoms with E-state index in [0.29, 0.717) is 10.5 Å².